The SMILES string of the molecule is CC(NC(=O)NCc1ccc(C(F)(F)F)cc1)c1ccc(F)cc1. The van der Waals surface area contributed by atoms with Crippen molar-refractivity contribution in [1.29, 1.82) is 0 Å². The van der Waals surface area contributed by atoms with E-state index in [4.69, 9.17) is 0 Å². The van der Waals surface area contributed by atoms with Gasteiger partial charge < -0.3 is 10.6 Å². The van der Waals surface area contributed by atoms with Gasteiger partial charge in [0.15, 0.2) is 0 Å². The number of carbonyl (C=O) groups is 1. The zero-order valence-electron chi connectivity index (χ0n) is 12.8. The number of urea groups is 1. The highest BCUT2D eigenvalue weighted by atomic mass is 19.4. The van der Waals surface area contributed by atoms with Crippen LogP contribution in [0.5, 0.6) is 0 Å². The third-order valence-corrected chi connectivity index (χ3v) is 3.45. The lowest BCUT2D eigenvalue weighted by atomic mass is 10.1. The van der Waals surface area contributed by atoms with E-state index in [1.165, 1.54) is 24.3 Å². The molecule has 0 bridgehead atoms. The Morgan fingerprint density at radius 2 is 1.62 bits per heavy atom. The van der Waals surface area contributed by atoms with Crippen LogP contribution in [0.1, 0.15) is 29.7 Å². The molecule has 0 aliphatic rings. The summed E-state index contributed by atoms with van der Waals surface area (Å²) < 4.78 is 50.2. The van der Waals surface area contributed by atoms with Gasteiger partial charge in [-0.05, 0) is 42.3 Å². The molecule has 0 saturated heterocycles. The Bertz CT molecular complexity index is 681. The van der Waals surface area contributed by atoms with Crippen LogP contribution in [-0.4, -0.2) is 6.03 Å². The van der Waals surface area contributed by atoms with Crippen LogP contribution in [0.15, 0.2) is 48.5 Å². The minimum atomic E-state index is -4.38. The average Bonchev–Trinajstić information content (AvgIpc) is 2.53. The lowest BCUT2D eigenvalue weighted by Crippen LogP contribution is -2.36. The lowest BCUT2D eigenvalue weighted by molar-refractivity contribution is -0.137. The van der Waals surface area contributed by atoms with Crippen LogP contribution < -0.4 is 10.6 Å². The van der Waals surface area contributed by atoms with Gasteiger partial charge >= 0.3 is 12.2 Å². The van der Waals surface area contributed by atoms with Crippen molar-refractivity contribution in [3.05, 3.63) is 71.0 Å². The second-order valence-corrected chi connectivity index (χ2v) is 5.29. The minimum absolute atomic E-state index is 0.0973. The zero-order chi connectivity index (χ0) is 17.7. The van der Waals surface area contributed by atoms with Crippen LogP contribution >= 0.6 is 0 Å². The van der Waals surface area contributed by atoms with Gasteiger partial charge in [-0.2, -0.15) is 13.2 Å². The van der Waals surface area contributed by atoms with Gasteiger partial charge in [-0.3, -0.25) is 0 Å². The van der Waals surface area contributed by atoms with Crippen molar-refractivity contribution in [3.63, 3.8) is 0 Å². The smallest absolute Gasteiger partial charge is 0.334 e. The molecule has 0 spiro atoms. The summed E-state index contributed by atoms with van der Waals surface area (Å²) in [6.45, 7) is 1.84. The molecule has 1 atom stereocenters. The molecular formula is C17H16F4N2O. The molecule has 2 N–H and O–H groups in total. The standard InChI is InChI=1S/C17H16F4N2O/c1-11(13-4-8-15(18)9-5-13)23-16(24)22-10-12-2-6-14(7-3-12)17(19,20)21/h2-9,11H,10H2,1H3,(H2,22,23,24). The zero-order valence-corrected chi connectivity index (χ0v) is 12.8. The topological polar surface area (TPSA) is 41.1 Å². The number of benzene rings is 2. The maximum absolute atomic E-state index is 12.9. The average molecular weight is 340 g/mol. The minimum Gasteiger partial charge on any atom is -0.334 e. The summed E-state index contributed by atoms with van der Waals surface area (Å²) in [6.07, 6.45) is -4.38. The number of hydrogen-bond acceptors (Lipinski definition) is 1. The largest absolute Gasteiger partial charge is 0.416 e. The van der Waals surface area contributed by atoms with E-state index in [9.17, 15) is 22.4 Å². The molecule has 1 unspecified atom stereocenters. The van der Waals surface area contributed by atoms with E-state index in [0.717, 1.165) is 17.7 Å². The van der Waals surface area contributed by atoms with Crippen molar-refractivity contribution in [1.82, 2.24) is 10.6 Å². The fourth-order valence-corrected chi connectivity index (χ4v) is 2.08. The van der Waals surface area contributed by atoms with E-state index in [1.54, 1.807) is 19.1 Å². The molecule has 0 aromatic heterocycles. The molecule has 0 heterocycles. The second kappa shape index (κ2) is 7.33. The van der Waals surface area contributed by atoms with Crippen molar-refractivity contribution >= 4 is 6.03 Å². The molecule has 2 aromatic carbocycles. The van der Waals surface area contributed by atoms with Crippen molar-refractivity contribution < 1.29 is 22.4 Å². The van der Waals surface area contributed by atoms with Gasteiger partial charge in [0.05, 0.1) is 11.6 Å². The first kappa shape index (κ1) is 17.8. The number of rotatable bonds is 4. The fraction of sp³-hybridized carbons (Fsp3) is 0.235. The van der Waals surface area contributed by atoms with Crippen LogP contribution in [-0.2, 0) is 12.7 Å². The summed E-state index contributed by atoms with van der Waals surface area (Å²) >= 11 is 0. The van der Waals surface area contributed by atoms with E-state index >= 15 is 0 Å². The van der Waals surface area contributed by atoms with E-state index < -0.39 is 17.8 Å². The fourth-order valence-electron chi connectivity index (χ4n) is 2.08. The van der Waals surface area contributed by atoms with Crippen LogP contribution in [0, 0.1) is 5.82 Å². The quantitative estimate of drug-likeness (QED) is 0.796. The maximum atomic E-state index is 12.9. The van der Waals surface area contributed by atoms with Crippen molar-refractivity contribution in [3.8, 4) is 0 Å². The third kappa shape index (κ3) is 4.97. The van der Waals surface area contributed by atoms with Crippen molar-refractivity contribution in [2.75, 3.05) is 0 Å². The summed E-state index contributed by atoms with van der Waals surface area (Å²) in [5.74, 6) is -0.363. The van der Waals surface area contributed by atoms with Crippen molar-refractivity contribution in [2.24, 2.45) is 0 Å². The number of hydrogen-bond donors (Lipinski definition) is 2. The highest BCUT2D eigenvalue weighted by Crippen LogP contribution is 2.29. The number of alkyl halides is 3. The highest BCUT2D eigenvalue weighted by molar-refractivity contribution is 5.74. The number of halogens is 4. The lowest BCUT2D eigenvalue weighted by Gasteiger charge is -2.15. The molecule has 0 saturated carbocycles. The molecule has 0 aliphatic heterocycles. The molecule has 0 aliphatic carbocycles. The summed E-state index contributed by atoms with van der Waals surface area (Å²) in [6, 6.07) is 9.49. The van der Waals surface area contributed by atoms with E-state index in [0.29, 0.717) is 5.56 Å². The Balaban J connectivity index is 1.85. The van der Waals surface area contributed by atoms with E-state index in [1.807, 2.05) is 0 Å². The Kier molecular flexibility index (Phi) is 5.43. The first-order valence-electron chi connectivity index (χ1n) is 7.21. The van der Waals surface area contributed by atoms with Gasteiger partial charge in [0.25, 0.3) is 0 Å². The van der Waals surface area contributed by atoms with Gasteiger partial charge in [0.2, 0.25) is 0 Å². The molecule has 0 radical (unpaired) electrons. The Morgan fingerprint density at radius 1 is 1.04 bits per heavy atom. The van der Waals surface area contributed by atoms with Gasteiger partial charge in [0.1, 0.15) is 5.82 Å². The predicted octanol–water partition coefficient (Wildman–Crippen LogP) is 4.40. The molecule has 128 valence electrons. The number of carbonyl (C=O) groups excluding carboxylic acids is 1. The second-order valence-electron chi connectivity index (χ2n) is 5.29. The van der Waals surface area contributed by atoms with Crippen LogP contribution in [0.3, 0.4) is 0 Å². The van der Waals surface area contributed by atoms with E-state index in [2.05, 4.69) is 10.6 Å². The molecule has 24 heavy (non-hydrogen) atoms. The summed E-state index contributed by atoms with van der Waals surface area (Å²) in [4.78, 5) is 11.8. The first-order valence-corrected chi connectivity index (χ1v) is 7.21. The van der Waals surface area contributed by atoms with Gasteiger partial charge in [0, 0.05) is 6.54 Å². The third-order valence-electron chi connectivity index (χ3n) is 3.45. The molecule has 0 fully saturated rings. The molecule has 2 amide bonds. The summed E-state index contributed by atoms with van der Waals surface area (Å²) in [5.41, 5.74) is 0.550. The summed E-state index contributed by atoms with van der Waals surface area (Å²) in [7, 11) is 0. The highest BCUT2D eigenvalue weighted by Gasteiger charge is 2.29. The van der Waals surface area contributed by atoms with Crippen LogP contribution in [0.25, 0.3) is 0 Å². The van der Waals surface area contributed by atoms with Crippen molar-refractivity contribution in [2.45, 2.75) is 25.7 Å². The molecule has 2 aromatic rings. The van der Waals surface area contributed by atoms with Crippen LogP contribution in [0.2, 0.25) is 0 Å². The predicted molar refractivity (Wildman–Crippen MR) is 81.6 cm³/mol. The maximum Gasteiger partial charge on any atom is 0.416 e. The normalized spacial score (nSPS) is 12.5. The number of amides is 2. The van der Waals surface area contributed by atoms with Gasteiger partial charge in [-0.1, -0.05) is 24.3 Å². The first-order chi connectivity index (χ1) is 11.3. The van der Waals surface area contributed by atoms with Gasteiger partial charge in [-0.15, -0.1) is 0 Å². The van der Waals surface area contributed by atoms with Crippen LogP contribution in [0.4, 0.5) is 22.4 Å². The Labute approximate surface area is 136 Å². The molecule has 7 heteroatoms. The van der Waals surface area contributed by atoms with Gasteiger partial charge in [-0.25, -0.2) is 9.18 Å². The Morgan fingerprint density at radius 3 is 2.17 bits per heavy atom. The molecule has 3 nitrogen and oxygen atoms in total. The molecular weight excluding hydrogens is 324 g/mol. The molecule has 2 rings (SSSR count). The summed E-state index contributed by atoms with van der Waals surface area (Å²) in [5, 5.41) is 5.23. The number of nitrogens with one attached hydrogen (secondary N) is 2. The monoisotopic (exact) mass is 340 g/mol. The van der Waals surface area contributed by atoms with E-state index in [-0.39, 0.29) is 18.4 Å². The Hall–Kier alpha value is -2.57.